The zero-order chi connectivity index (χ0) is 11.7. The molecule has 1 aliphatic rings. The molecule has 0 bridgehead atoms. The van der Waals surface area contributed by atoms with Gasteiger partial charge in [0.2, 0.25) is 0 Å². The minimum Gasteiger partial charge on any atom is -0.481 e. The smallest absolute Gasteiger partial charge is 0.303 e. The minimum absolute atomic E-state index is 0.296. The second-order valence-corrected chi connectivity index (χ2v) is 3.30. The lowest BCUT2D eigenvalue weighted by Gasteiger charge is -2.18. The lowest BCUT2D eigenvalue weighted by Crippen LogP contribution is -2.25. The zero-order valence-electron chi connectivity index (χ0n) is 8.56. The molecule has 1 heterocycles. The van der Waals surface area contributed by atoms with Crippen LogP contribution in [0.3, 0.4) is 0 Å². The average Bonchev–Trinajstić information content (AvgIpc) is 2.17. The SMILES string of the molecule is O=C(O)CCC(=O)O.ON1CCCCC1. The summed E-state index contributed by atoms with van der Waals surface area (Å²) in [6, 6.07) is 0. The van der Waals surface area contributed by atoms with Gasteiger partial charge in [-0.2, -0.15) is 5.06 Å². The van der Waals surface area contributed by atoms with Crippen molar-refractivity contribution in [2.24, 2.45) is 0 Å². The van der Waals surface area contributed by atoms with E-state index in [1.54, 1.807) is 0 Å². The van der Waals surface area contributed by atoms with E-state index in [1.807, 2.05) is 0 Å². The molecule has 0 aromatic carbocycles. The quantitative estimate of drug-likeness (QED) is 0.649. The van der Waals surface area contributed by atoms with E-state index in [0.29, 0.717) is 0 Å². The van der Waals surface area contributed by atoms with Crippen LogP contribution >= 0.6 is 0 Å². The monoisotopic (exact) mass is 219 g/mol. The summed E-state index contributed by atoms with van der Waals surface area (Å²) in [5.74, 6) is -2.15. The number of nitrogens with zero attached hydrogens (tertiary/aromatic N) is 1. The first-order valence-electron chi connectivity index (χ1n) is 4.90. The van der Waals surface area contributed by atoms with Gasteiger partial charge in [-0.3, -0.25) is 9.59 Å². The van der Waals surface area contributed by atoms with E-state index in [2.05, 4.69) is 0 Å². The van der Waals surface area contributed by atoms with Crippen molar-refractivity contribution in [2.75, 3.05) is 13.1 Å². The molecule has 0 spiro atoms. The average molecular weight is 219 g/mol. The summed E-state index contributed by atoms with van der Waals surface area (Å²) in [4.78, 5) is 19.3. The maximum Gasteiger partial charge on any atom is 0.303 e. The fraction of sp³-hybridized carbons (Fsp3) is 0.778. The maximum absolute atomic E-state index is 9.64. The molecular weight excluding hydrogens is 202 g/mol. The summed E-state index contributed by atoms with van der Waals surface area (Å²) in [7, 11) is 0. The van der Waals surface area contributed by atoms with Crippen molar-refractivity contribution in [3.05, 3.63) is 0 Å². The van der Waals surface area contributed by atoms with Crippen molar-refractivity contribution < 1.29 is 25.0 Å². The lowest BCUT2D eigenvalue weighted by atomic mass is 10.2. The molecule has 6 nitrogen and oxygen atoms in total. The zero-order valence-corrected chi connectivity index (χ0v) is 8.56. The second-order valence-electron chi connectivity index (χ2n) is 3.30. The van der Waals surface area contributed by atoms with Crippen LogP contribution in [0.2, 0.25) is 0 Å². The van der Waals surface area contributed by atoms with Gasteiger partial charge in [-0.25, -0.2) is 0 Å². The maximum atomic E-state index is 9.64. The fourth-order valence-electron chi connectivity index (χ4n) is 1.09. The molecule has 6 heteroatoms. The van der Waals surface area contributed by atoms with Gasteiger partial charge in [-0.05, 0) is 12.8 Å². The molecule has 0 amide bonds. The first-order valence-corrected chi connectivity index (χ1v) is 4.90. The van der Waals surface area contributed by atoms with Crippen molar-refractivity contribution in [1.29, 1.82) is 0 Å². The highest BCUT2D eigenvalue weighted by molar-refractivity contribution is 5.75. The number of aliphatic carboxylic acids is 2. The van der Waals surface area contributed by atoms with Crippen molar-refractivity contribution in [3.63, 3.8) is 0 Å². The van der Waals surface area contributed by atoms with Gasteiger partial charge in [0.15, 0.2) is 0 Å². The Morgan fingerprint density at radius 3 is 1.53 bits per heavy atom. The molecule has 0 unspecified atom stereocenters. The molecule has 0 saturated carbocycles. The highest BCUT2D eigenvalue weighted by Gasteiger charge is 2.04. The van der Waals surface area contributed by atoms with E-state index in [0.717, 1.165) is 25.9 Å². The largest absolute Gasteiger partial charge is 0.481 e. The van der Waals surface area contributed by atoms with Gasteiger partial charge in [0.1, 0.15) is 0 Å². The molecule has 1 saturated heterocycles. The molecule has 1 fully saturated rings. The number of rotatable bonds is 3. The molecule has 15 heavy (non-hydrogen) atoms. The standard InChI is InChI=1S/C5H11NO.C4H6O4/c7-6-4-2-1-3-5-6;5-3(6)1-2-4(7)8/h7H,1-5H2;1-2H2,(H,5,6)(H,7,8). The van der Waals surface area contributed by atoms with Crippen LogP contribution in [-0.2, 0) is 9.59 Å². The van der Waals surface area contributed by atoms with Crippen LogP contribution in [0.15, 0.2) is 0 Å². The molecular formula is C9H17NO5. The number of hydroxylamine groups is 2. The first-order chi connectivity index (χ1) is 7.02. The Morgan fingerprint density at radius 1 is 0.933 bits per heavy atom. The van der Waals surface area contributed by atoms with Crippen molar-refractivity contribution in [3.8, 4) is 0 Å². The van der Waals surface area contributed by atoms with Gasteiger partial charge in [0.05, 0.1) is 12.8 Å². The van der Waals surface area contributed by atoms with E-state index in [4.69, 9.17) is 15.4 Å². The van der Waals surface area contributed by atoms with Crippen molar-refractivity contribution >= 4 is 11.9 Å². The molecule has 1 rings (SSSR count). The van der Waals surface area contributed by atoms with Crippen LogP contribution < -0.4 is 0 Å². The number of carboxylic acid groups (broad SMARTS) is 2. The molecule has 0 aromatic heterocycles. The number of hydrogen-bond donors (Lipinski definition) is 3. The van der Waals surface area contributed by atoms with E-state index >= 15 is 0 Å². The third-order valence-electron chi connectivity index (χ3n) is 1.89. The Kier molecular flexibility index (Phi) is 7.57. The molecule has 0 radical (unpaired) electrons. The molecule has 88 valence electrons. The number of carboxylic acids is 2. The predicted molar refractivity (Wildman–Crippen MR) is 51.7 cm³/mol. The van der Waals surface area contributed by atoms with Crippen LogP contribution in [0.25, 0.3) is 0 Å². The number of piperidine rings is 1. The predicted octanol–water partition coefficient (Wildman–Crippen LogP) is 0.797. The summed E-state index contributed by atoms with van der Waals surface area (Å²) in [5.41, 5.74) is 0. The molecule has 0 aliphatic carbocycles. The van der Waals surface area contributed by atoms with Gasteiger partial charge >= 0.3 is 11.9 Å². The number of carbonyl (C=O) groups is 2. The van der Waals surface area contributed by atoms with E-state index < -0.39 is 11.9 Å². The Balaban J connectivity index is 0.000000262. The lowest BCUT2D eigenvalue weighted by molar-refractivity contribution is -0.143. The third kappa shape index (κ3) is 10.8. The van der Waals surface area contributed by atoms with E-state index in [9.17, 15) is 9.59 Å². The van der Waals surface area contributed by atoms with Crippen LogP contribution in [0.4, 0.5) is 0 Å². The van der Waals surface area contributed by atoms with Crippen LogP contribution in [0.1, 0.15) is 32.1 Å². The number of hydrogen-bond acceptors (Lipinski definition) is 4. The summed E-state index contributed by atoms with van der Waals surface area (Å²) in [6.07, 6.45) is 3.02. The molecule has 0 atom stereocenters. The van der Waals surface area contributed by atoms with Gasteiger partial charge < -0.3 is 15.4 Å². The topological polar surface area (TPSA) is 98.1 Å². The second kappa shape index (κ2) is 8.19. The fourth-order valence-corrected chi connectivity index (χ4v) is 1.09. The Labute approximate surface area is 88.1 Å². The van der Waals surface area contributed by atoms with Crippen molar-refractivity contribution in [1.82, 2.24) is 5.06 Å². The Hall–Kier alpha value is -1.14. The summed E-state index contributed by atoms with van der Waals surface area (Å²) >= 11 is 0. The third-order valence-corrected chi connectivity index (χ3v) is 1.89. The molecule has 1 aliphatic heterocycles. The molecule has 0 aromatic rings. The van der Waals surface area contributed by atoms with Gasteiger partial charge in [-0.15, -0.1) is 0 Å². The van der Waals surface area contributed by atoms with Crippen LogP contribution in [0, 0.1) is 0 Å². The highest BCUT2D eigenvalue weighted by Crippen LogP contribution is 2.04. The molecule has 3 N–H and O–H groups in total. The Morgan fingerprint density at radius 2 is 1.33 bits per heavy atom. The van der Waals surface area contributed by atoms with Gasteiger partial charge in [-0.1, -0.05) is 6.42 Å². The van der Waals surface area contributed by atoms with Gasteiger partial charge in [0, 0.05) is 13.1 Å². The van der Waals surface area contributed by atoms with E-state index in [1.165, 1.54) is 11.5 Å². The highest BCUT2D eigenvalue weighted by atomic mass is 16.5. The summed E-state index contributed by atoms with van der Waals surface area (Å²) in [5, 5.41) is 25.9. The summed E-state index contributed by atoms with van der Waals surface area (Å²) < 4.78 is 0. The minimum atomic E-state index is -1.08. The van der Waals surface area contributed by atoms with Gasteiger partial charge in [0.25, 0.3) is 0 Å². The van der Waals surface area contributed by atoms with E-state index in [-0.39, 0.29) is 12.8 Å². The van der Waals surface area contributed by atoms with Crippen molar-refractivity contribution in [2.45, 2.75) is 32.1 Å². The van der Waals surface area contributed by atoms with Crippen LogP contribution in [0.5, 0.6) is 0 Å². The summed E-state index contributed by atoms with van der Waals surface area (Å²) in [6.45, 7) is 1.75. The normalized spacial score (nSPS) is 16.3. The first kappa shape index (κ1) is 13.9. The Bertz CT molecular complexity index is 187. The van der Waals surface area contributed by atoms with Crippen LogP contribution in [-0.4, -0.2) is 45.5 Å².